The molecule has 1 aliphatic carbocycles. The van der Waals surface area contributed by atoms with Crippen LogP contribution in [0.4, 0.5) is 30.8 Å². The molecule has 4 heterocycles. The molecule has 1 saturated carbocycles. The number of fused-ring (bicyclic) bond motifs is 1. The van der Waals surface area contributed by atoms with Gasteiger partial charge in [-0.1, -0.05) is 0 Å². The largest absolute Gasteiger partial charge is 0.457 e. The molecule has 6 rings (SSSR count). The summed E-state index contributed by atoms with van der Waals surface area (Å²) in [7, 11) is 1.75. The molecule has 4 aromatic rings. The molecule has 0 unspecified atom stereocenters. The lowest BCUT2D eigenvalue weighted by molar-refractivity contribution is -0.182. The number of carbonyl (C=O) groups is 1. The Bertz CT molecular complexity index is 1530. The Balaban J connectivity index is 1.24. The van der Waals surface area contributed by atoms with Crippen LogP contribution in [0, 0.1) is 5.41 Å². The standard InChI is InChI=1S/C25H24F3N7O3/c1-14(36)30-21-8-17(5-6-29-21)38-16-3-4-18-19(7-16)34(2)23(31-18)32-22-9-20(25(26,27)28)35(33-22)15-10-24(11-15)12-37-13-24/h3-9,15H,10-13H2,1-2H3,(H,29,30,36)(H,31,32,33). The molecular weight excluding hydrogens is 503 g/mol. The van der Waals surface area contributed by atoms with E-state index in [9.17, 15) is 18.0 Å². The van der Waals surface area contributed by atoms with Crippen LogP contribution < -0.4 is 15.4 Å². The van der Waals surface area contributed by atoms with Gasteiger partial charge >= 0.3 is 6.18 Å². The molecule has 0 radical (unpaired) electrons. The van der Waals surface area contributed by atoms with E-state index in [1.54, 1.807) is 41.9 Å². The predicted octanol–water partition coefficient (Wildman–Crippen LogP) is 5.03. The van der Waals surface area contributed by atoms with Gasteiger partial charge in [0.1, 0.15) is 23.0 Å². The number of pyridine rings is 1. The monoisotopic (exact) mass is 527 g/mol. The normalized spacial score (nSPS) is 16.8. The maximum Gasteiger partial charge on any atom is 0.433 e. The van der Waals surface area contributed by atoms with Crippen molar-refractivity contribution in [3.8, 4) is 11.5 Å². The summed E-state index contributed by atoms with van der Waals surface area (Å²) in [6, 6.07) is 9.20. The number of nitrogens with zero attached hydrogens (tertiary/aromatic N) is 5. The third-order valence-electron chi connectivity index (χ3n) is 6.89. The summed E-state index contributed by atoms with van der Waals surface area (Å²) in [6.07, 6.45) is -1.77. The molecule has 2 aliphatic rings. The molecule has 13 heteroatoms. The summed E-state index contributed by atoms with van der Waals surface area (Å²) in [4.78, 5) is 19.9. The highest BCUT2D eigenvalue weighted by molar-refractivity contribution is 5.87. The van der Waals surface area contributed by atoms with Gasteiger partial charge in [-0.25, -0.2) is 9.97 Å². The van der Waals surface area contributed by atoms with Gasteiger partial charge in [0.05, 0.1) is 30.3 Å². The third kappa shape index (κ3) is 4.42. The minimum atomic E-state index is -4.53. The zero-order valence-corrected chi connectivity index (χ0v) is 20.5. The first kappa shape index (κ1) is 24.2. The molecular formula is C25H24F3N7O3. The number of imidazole rings is 1. The van der Waals surface area contributed by atoms with Crippen molar-refractivity contribution >= 4 is 34.5 Å². The number of alkyl halides is 3. The van der Waals surface area contributed by atoms with Crippen LogP contribution >= 0.6 is 0 Å². The maximum absolute atomic E-state index is 13.8. The number of nitrogens with one attached hydrogen (secondary N) is 2. The molecule has 0 bridgehead atoms. The summed E-state index contributed by atoms with van der Waals surface area (Å²) in [5, 5.41) is 9.81. The van der Waals surface area contributed by atoms with E-state index in [0.717, 1.165) is 10.7 Å². The highest BCUT2D eigenvalue weighted by Gasteiger charge is 2.52. The van der Waals surface area contributed by atoms with E-state index in [4.69, 9.17) is 9.47 Å². The quantitative estimate of drug-likeness (QED) is 0.362. The fourth-order valence-corrected chi connectivity index (χ4v) is 5.00. The van der Waals surface area contributed by atoms with Gasteiger partial charge in [-0.3, -0.25) is 9.48 Å². The van der Waals surface area contributed by atoms with E-state index in [1.807, 2.05) is 0 Å². The van der Waals surface area contributed by atoms with Crippen LogP contribution in [0.25, 0.3) is 11.0 Å². The fourth-order valence-electron chi connectivity index (χ4n) is 5.00. The molecule has 198 valence electrons. The Morgan fingerprint density at radius 3 is 2.58 bits per heavy atom. The minimum Gasteiger partial charge on any atom is -0.457 e. The van der Waals surface area contributed by atoms with Crippen molar-refractivity contribution in [1.29, 1.82) is 0 Å². The van der Waals surface area contributed by atoms with Crippen LogP contribution in [-0.4, -0.2) is 43.4 Å². The van der Waals surface area contributed by atoms with Gasteiger partial charge in [-0.15, -0.1) is 0 Å². The molecule has 2 fully saturated rings. The second-order valence-electron chi connectivity index (χ2n) is 9.84. The van der Waals surface area contributed by atoms with Crippen molar-refractivity contribution in [1.82, 2.24) is 24.3 Å². The average Bonchev–Trinajstić information content (AvgIpc) is 3.33. The first-order valence-corrected chi connectivity index (χ1v) is 12.0. The minimum absolute atomic E-state index is 0.00597. The Kier molecular flexibility index (Phi) is 5.56. The Morgan fingerprint density at radius 1 is 1.13 bits per heavy atom. The molecule has 0 atom stereocenters. The number of amides is 1. The number of ether oxygens (including phenoxy) is 2. The van der Waals surface area contributed by atoms with Crippen LogP contribution in [0.5, 0.6) is 11.5 Å². The topological polar surface area (TPSA) is 108 Å². The van der Waals surface area contributed by atoms with E-state index in [-0.39, 0.29) is 23.2 Å². The molecule has 1 spiro atoms. The summed E-state index contributed by atoms with van der Waals surface area (Å²) >= 11 is 0. The van der Waals surface area contributed by atoms with E-state index in [2.05, 4.69) is 25.7 Å². The van der Waals surface area contributed by atoms with Gasteiger partial charge in [-0.2, -0.15) is 18.3 Å². The van der Waals surface area contributed by atoms with Gasteiger partial charge in [0, 0.05) is 43.8 Å². The highest BCUT2D eigenvalue weighted by Crippen LogP contribution is 2.54. The van der Waals surface area contributed by atoms with E-state index in [0.29, 0.717) is 60.4 Å². The fraction of sp³-hybridized carbons (Fsp3) is 0.360. The number of aromatic nitrogens is 5. The van der Waals surface area contributed by atoms with Crippen LogP contribution in [0.1, 0.15) is 31.5 Å². The van der Waals surface area contributed by atoms with Crippen molar-refractivity contribution in [3.05, 3.63) is 48.3 Å². The summed E-state index contributed by atoms with van der Waals surface area (Å²) < 4.78 is 55.4. The first-order chi connectivity index (χ1) is 18.1. The average molecular weight is 528 g/mol. The predicted molar refractivity (Wildman–Crippen MR) is 131 cm³/mol. The number of anilines is 3. The van der Waals surface area contributed by atoms with Crippen LogP contribution in [0.3, 0.4) is 0 Å². The molecule has 38 heavy (non-hydrogen) atoms. The number of carbonyl (C=O) groups excluding carboxylic acids is 1. The molecule has 2 N–H and O–H groups in total. The molecule has 10 nitrogen and oxygen atoms in total. The van der Waals surface area contributed by atoms with Crippen molar-refractivity contribution in [3.63, 3.8) is 0 Å². The number of hydrogen-bond donors (Lipinski definition) is 2. The molecule has 1 amide bonds. The van der Waals surface area contributed by atoms with E-state index in [1.165, 1.54) is 13.1 Å². The zero-order chi connectivity index (χ0) is 26.7. The second-order valence-corrected chi connectivity index (χ2v) is 9.84. The van der Waals surface area contributed by atoms with Crippen molar-refractivity contribution in [2.45, 2.75) is 32.0 Å². The van der Waals surface area contributed by atoms with Crippen LogP contribution in [0.2, 0.25) is 0 Å². The van der Waals surface area contributed by atoms with Gasteiger partial charge in [-0.05, 0) is 31.0 Å². The number of hydrogen-bond acceptors (Lipinski definition) is 7. The maximum atomic E-state index is 13.8. The SMILES string of the molecule is CC(=O)Nc1cc(Oc2ccc3nc(Nc4cc(C(F)(F)F)n(C5CC6(COC6)C5)n4)n(C)c3c2)ccn1. The molecule has 1 aromatic carbocycles. The highest BCUT2D eigenvalue weighted by atomic mass is 19.4. The third-order valence-corrected chi connectivity index (χ3v) is 6.89. The summed E-state index contributed by atoms with van der Waals surface area (Å²) in [6.45, 7) is 2.58. The van der Waals surface area contributed by atoms with Crippen LogP contribution in [-0.2, 0) is 22.8 Å². The number of halogens is 3. The number of benzene rings is 1. The van der Waals surface area contributed by atoms with E-state index < -0.39 is 11.9 Å². The van der Waals surface area contributed by atoms with Crippen LogP contribution in [0.15, 0.2) is 42.6 Å². The van der Waals surface area contributed by atoms with Gasteiger partial charge in [0.2, 0.25) is 11.9 Å². The molecule has 3 aromatic heterocycles. The van der Waals surface area contributed by atoms with E-state index >= 15 is 0 Å². The lowest BCUT2D eigenvalue weighted by atomic mass is 9.64. The van der Waals surface area contributed by atoms with Gasteiger partial charge in [0.15, 0.2) is 5.82 Å². The van der Waals surface area contributed by atoms with Crippen molar-refractivity contribution < 1.29 is 27.4 Å². The van der Waals surface area contributed by atoms with Crippen molar-refractivity contribution in [2.75, 3.05) is 23.8 Å². The lowest BCUT2D eigenvalue weighted by Crippen LogP contribution is -2.53. The summed E-state index contributed by atoms with van der Waals surface area (Å²) in [5.41, 5.74) is 0.539. The van der Waals surface area contributed by atoms with Crippen molar-refractivity contribution in [2.24, 2.45) is 12.5 Å². The molecule has 1 aliphatic heterocycles. The smallest absolute Gasteiger partial charge is 0.433 e. The Hall–Kier alpha value is -4.13. The number of rotatable bonds is 6. The molecule has 1 saturated heterocycles. The lowest BCUT2D eigenvalue weighted by Gasteiger charge is -2.53. The zero-order valence-electron chi connectivity index (χ0n) is 20.5. The Morgan fingerprint density at radius 2 is 1.89 bits per heavy atom. The Labute approximate surface area is 214 Å². The van der Waals surface area contributed by atoms with Gasteiger partial charge in [0.25, 0.3) is 0 Å². The van der Waals surface area contributed by atoms with Gasteiger partial charge < -0.3 is 24.7 Å². The second kappa shape index (κ2) is 8.72. The number of aryl methyl sites for hydroxylation is 1. The first-order valence-electron chi connectivity index (χ1n) is 12.0. The summed E-state index contributed by atoms with van der Waals surface area (Å²) in [5.74, 6) is 1.50.